The number of piperazine rings is 1. The van der Waals surface area contributed by atoms with Gasteiger partial charge in [-0.25, -0.2) is 0 Å². The average molecular weight is 332 g/mol. The summed E-state index contributed by atoms with van der Waals surface area (Å²) < 4.78 is 10.9. The molecule has 1 aliphatic heterocycles. The fourth-order valence-electron chi connectivity index (χ4n) is 3.82. The molecule has 5 nitrogen and oxygen atoms in total. The molecule has 1 aromatic carbocycles. The van der Waals surface area contributed by atoms with Crippen LogP contribution in [0.5, 0.6) is 11.5 Å². The van der Waals surface area contributed by atoms with E-state index in [2.05, 4.69) is 4.90 Å². The van der Waals surface area contributed by atoms with E-state index in [1.54, 1.807) is 13.2 Å². The van der Waals surface area contributed by atoms with Crippen molar-refractivity contribution in [2.75, 3.05) is 39.9 Å². The summed E-state index contributed by atoms with van der Waals surface area (Å²) in [5.41, 5.74) is 0.671. The number of amides is 1. The van der Waals surface area contributed by atoms with E-state index >= 15 is 0 Å². The van der Waals surface area contributed by atoms with Gasteiger partial charge in [0.25, 0.3) is 5.91 Å². The number of rotatable bonds is 5. The van der Waals surface area contributed by atoms with Crippen molar-refractivity contribution in [3.05, 3.63) is 23.8 Å². The largest absolute Gasteiger partial charge is 0.493 e. The Balaban J connectivity index is 1.62. The van der Waals surface area contributed by atoms with Gasteiger partial charge in [0.1, 0.15) is 0 Å². The van der Waals surface area contributed by atoms with E-state index < -0.39 is 0 Å². The first-order valence-corrected chi connectivity index (χ1v) is 9.07. The molecule has 5 heteroatoms. The van der Waals surface area contributed by atoms with Crippen LogP contribution in [0.1, 0.15) is 43.0 Å². The van der Waals surface area contributed by atoms with Crippen molar-refractivity contribution in [3.63, 3.8) is 0 Å². The zero-order chi connectivity index (χ0) is 16.9. The second kappa shape index (κ2) is 7.88. The number of hydrogen-bond acceptors (Lipinski definition) is 4. The first-order chi connectivity index (χ1) is 11.7. The highest BCUT2D eigenvalue weighted by atomic mass is 16.5. The third-order valence-corrected chi connectivity index (χ3v) is 5.15. The second-order valence-electron chi connectivity index (χ2n) is 6.57. The standard InChI is InChI=1S/C19H28N2O3/c1-3-24-17-9-8-15(14-18(17)23-2)19(22)21-12-10-20(11-13-21)16-6-4-5-7-16/h8-9,14,16H,3-7,10-13H2,1-2H3. The number of nitrogens with zero attached hydrogens (tertiary/aromatic N) is 2. The highest BCUT2D eigenvalue weighted by Crippen LogP contribution is 2.29. The van der Waals surface area contributed by atoms with E-state index in [0.717, 1.165) is 32.2 Å². The van der Waals surface area contributed by atoms with Crippen LogP contribution in [-0.2, 0) is 0 Å². The Morgan fingerprint density at radius 1 is 1.12 bits per heavy atom. The van der Waals surface area contributed by atoms with Gasteiger partial charge >= 0.3 is 0 Å². The van der Waals surface area contributed by atoms with E-state index in [1.165, 1.54) is 25.7 Å². The van der Waals surface area contributed by atoms with Crippen molar-refractivity contribution in [3.8, 4) is 11.5 Å². The summed E-state index contributed by atoms with van der Waals surface area (Å²) in [7, 11) is 1.60. The van der Waals surface area contributed by atoms with Crippen molar-refractivity contribution >= 4 is 5.91 Å². The Labute approximate surface area is 144 Å². The molecule has 0 radical (unpaired) electrons. The molecule has 1 saturated carbocycles. The summed E-state index contributed by atoms with van der Waals surface area (Å²) in [6.45, 7) is 6.11. The third-order valence-electron chi connectivity index (χ3n) is 5.15. The molecule has 1 amide bonds. The number of carbonyl (C=O) groups excluding carboxylic acids is 1. The smallest absolute Gasteiger partial charge is 0.254 e. The maximum absolute atomic E-state index is 12.8. The third kappa shape index (κ3) is 3.66. The minimum atomic E-state index is 0.0856. The lowest BCUT2D eigenvalue weighted by molar-refractivity contribution is 0.0573. The van der Waals surface area contributed by atoms with Crippen molar-refractivity contribution in [2.45, 2.75) is 38.6 Å². The maximum Gasteiger partial charge on any atom is 0.254 e. The molecule has 0 spiro atoms. The summed E-state index contributed by atoms with van der Waals surface area (Å²) in [5.74, 6) is 1.39. The molecule has 132 valence electrons. The van der Waals surface area contributed by atoms with E-state index in [4.69, 9.17) is 9.47 Å². The Bertz CT molecular complexity index is 562. The van der Waals surface area contributed by atoms with Gasteiger partial charge in [0, 0.05) is 37.8 Å². The number of hydrogen-bond donors (Lipinski definition) is 0. The number of carbonyl (C=O) groups is 1. The summed E-state index contributed by atoms with van der Waals surface area (Å²) in [6, 6.07) is 6.19. The predicted octanol–water partition coefficient (Wildman–Crippen LogP) is 2.79. The van der Waals surface area contributed by atoms with Gasteiger partial charge in [0.15, 0.2) is 11.5 Å². The summed E-state index contributed by atoms with van der Waals surface area (Å²) >= 11 is 0. The van der Waals surface area contributed by atoms with Crippen LogP contribution in [0, 0.1) is 0 Å². The van der Waals surface area contributed by atoms with Crippen LogP contribution in [0.4, 0.5) is 0 Å². The highest BCUT2D eigenvalue weighted by Gasteiger charge is 2.28. The Morgan fingerprint density at radius 2 is 1.83 bits per heavy atom. The molecular formula is C19H28N2O3. The lowest BCUT2D eigenvalue weighted by Crippen LogP contribution is -2.51. The zero-order valence-corrected chi connectivity index (χ0v) is 14.8. The summed E-state index contributed by atoms with van der Waals surface area (Å²) in [5, 5.41) is 0. The predicted molar refractivity (Wildman–Crippen MR) is 93.9 cm³/mol. The average Bonchev–Trinajstić information content (AvgIpc) is 3.16. The van der Waals surface area contributed by atoms with Gasteiger partial charge in [-0.1, -0.05) is 12.8 Å². The van der Waals surface area contributed by atoms with Gasteiger partial charge in [-0.15, -0.1) is 0 Å². The van der Waals surface area contributed by atoms with Crippen LogP contribution in [0.3, 0.4) is 0 Å². The van der Waals surface area contributed by atoms with E-state index in [-0.39, 0.29) is 5.91 Å². The molecule has 1 aromatic rings. The van der Waals surface area contributed by atoms with Crippen molar-refractivity contribution in [1.82, 2.24) is 9.80 Å². The van der Waals surface area contributed by atoms with Gasteiger partial charge in [-0.3, -0.25) is 9.69 Å². The van der Waals surface area contributed by atoms with Crippen LogP contribution in [0.25, 0.3) is 0 Å². The van der Waals surface area contributed by atoms with Crippen molar-refractivity contribution in [2.24, 2.45) is 0 Å². The molecule has 3 rings (SSSR count). The molecular weight excluding hydrogens is 304 g/mol. The highest BCUT2D eigenvalue weighted by molar-refractivity contribution is 5.95. The van der Waals surface area contributed by atoms with Gasteiger partial charge in [0.05, 0.1) is 13.7 Å². The summed E-state index contributed by atoms with van der Waals surface area (Å²) in [4.78, 5) is 17.3. The van der Waals surface area contributed by atoms with Gasteiger partial charge in [-0.05, 0) is 38.0 Å². The van der Waals surface area contributed by atoms with Crippen LogP contribution in [0.2, 0.25) is 0 Å². The van der Waals surface area contributed by atoms with Crippen LogP contribution in [-0.4, -0.2) is 61.6 Å². The fourth-order valence-corrected chi connectivity index (χ4v) is 3.82. The van der Waals surface area contributed by atoms with Crippen LogP contribution >= 0.6 is 0 Å². The first kappa shape index (κ1) is 17.1. The van der Waals surface area contributed by atoms with Gasteiger partial charge in [-0.2, -0.15) is 0 Å². The molecule has 0 aromatic heterocycles. The topological polar surface area (TPSA) is 42.0 Å². The first-order valence-electron chi connectivity index (χ1n) is 9.07. The Morgan fingerprint density at radius 3 is 2.46 bits per heavy atom. The van der Waals surface area contributed by atoms with Gasteiger partial charge in [0.2, 0.25) is 0 Å². The maximum atomic E-state index is 12.8. The molecule has 24 heavy (non-hydrogen) atoms. The van der Waals surface area contributed by atoms with Gasteiger partial charge < -0.3 is 14.4 Å². The molecule has 2 aliphatic rings. The summed E-state index contributed by atoms with van der Waals surface area (Å²) in [6.07, 6.45) is 5.36. The molecule has 0 bridgehead atoms. The molecule has 0 N–H and O–H groups in total. The number of benzene rings is 1. The minimum absolute atomic E-state index is 0.0856. The van der Waals surface area contributed by atoms with E-state index in [9.17, 15) is 4.79 Å². The molecule has 0 unspecified atom stereocenters. The van der Waals surface area contributed by atoms with Crippen LogP contribution < -0.4 is 9.47 Å². The minimum Gasteiger partial charge on any atom is -0.493 e. The molecule has 1 heterocycles. The lowest BCUT2D eigenvalue weighted by Gasteiger charge is -2.38. The lowest BCUT2D eigenvalue weighted by atomic mass is 10.1. The Hall–Kier alpha value is -1.75. The molecule has 2 fully saturated rings. The monoisotopic (exact) mass is 332 g/mol. The Kier molecular flexibility index (Phi) is 5.61. The van der Waals surface area contributed by atoms with E-state index in [0.29, 0.717) is 23.7 Å². The second-order valence-corrected chi connectivity index (χ2v) is 6.57. The molecule has 1 saturated heterocycles. The number of methoxy groups -OCH3 is 1. The molecule has 0 atom stereocenters. The zero-order valence-electron chi connectivity index (χ0n) is 14.8. The quantitative estimate of drug-likeness (QED) is 0.831. The fraction of sp³-hybridized carbons (Fsp3) is 0.632. The SMILES string of the molecule is CCOc1ccc(C(=O)N2CCN(C3CCCC3)CC2)cc1OC. The van der Waals surface area contributed by atoms with Crippen LogP contribution in [0.15, 0.2) is 18.2 Å². The molecule has 1 aliphatic carbocycles. The van der Waals surface area contributed by atoms with E-state index in [1.807, 2.05) is 24.0 Å². The van der Waals surface area contributed by atoms with Crippen molar-refractivity contribution < 1.29 is 14.3 Å². The normalized spacial score (nSPS) is 19.5. The number of ether oxygens (including phenoxy) is 2. The van der Waals surface area contributed by atoms with Crippen molar-refractivity contribution in [1.29, 1.82) is 0 Å².